The summed E-state index contributed by atoms with van der Waals surface area (Å²) in [6.45, 7) is 16.1. The minimum absolute atomic E-state index is 0.151. The Morgan fingerprint density at radius 3 is 1.68 bits per heavy atom. The highest BCUT2D eigenvalue weighted by atomic mass is 31.1. The standard InChI is InChI=1S/C35H35OP/c1-21-19-22(2)31(23(3)20-21)33-27-15-10-8-13-25(27)32(26-14-9-11-16-28(26)33)29-17-12-18-30-34(29)37(24(4)36-30)35(5,6)7/h8-20,24H,1-7H3. The third-order valence-corrected chi connectivity index (χ3v) is 11.0. The number of hydrogen-bond donors (Lipinski definition) is 0. The van der Waals surface area contributed by atoms with Gasteiger partial charge in [0.15, 0.2) is 0 Å². The Balaban J connectivity index is 1.78. The molecule has 0 saturated carbocycles. The van der Waals surface area contributed by atoms with Gasteiger partial charge in [-0.05, 0) is 102 Å². The van der Waals surface area contributed by atoms with Crippen LogP contribution in [0.25, 0.3) is 43.8 Å². The summed E-state index contributed by atoms with van der Waals surface area (Å²) < 4.78 is 6.50. The normalized spacial score (nSPS) is 17.3. The molecule has 5 aromatic rings. The molecule has 0 N–H and O–H groups in total. The Kier molecular flexibility index (Phi) is 5.70. The van der Waals surface area contributed by atoms with Gasteiger partial charge in [-0.15, -0.1) is 0 Å². The molecule has 0 fully saturated rings. The Labute approximate surface area is 222 Å². The van der Waals surface area contributed by atoms with E-state index in [1.165, 1.54) is 65.8 Å². The summed E-state index contributed by atoms with van der Waals surface area (Å²) in [5.74, 6) is 1.27. The van der Waals surface area contributed by atoms with Crippen LogP contribution in [0.4, 0.5) is 0 Å². The highest BCUT2D eigenvalue weighted by molar-refractivity contribution is 7.68. The van der Waals surface area contributed by atoms with E-state index in [4.69, 9.17) is 4.74 Å². The van der Waals surface area contributed by atoms with Crippen LogP contribution >= 0.6 is 7.92 Å². The van der Waals surface area contributed by atoms with Gasteiger partial charge in [-0.3, -0.25) is 0 Å². The highest BCUT2D eigenvalue weighted by Gasteiger charge is 2.41. The van der Waals surface area contributed by atoms with E-state index in [1.54, 1.807) is 0 Å². The minimum Gasteiger partial charge on any atom is -0.485 e. The van der Waals surface area contributed by atoms with E-state index in [9.17, 15) is 0 Å². The van der Waals surface area contributed by atoms with Crippen LogP contribution in [-0.4, -0.2) is 11.0 Å². The molecule has 5 aromatic carbocycles. The fourth-order valence-corrected chi connectivity index (χ4v) is 9.78. The molecule has 186 valence electrons. The molecule has 0 spiro atoms. The predicted octanol–water partition coefficient (Wildman–Crippen LogP) is 9.90. The molecule has 0 bridgehead atoms. The lowest BCUT2D eigenvalue weighted by atomic mass is 9.83. The summed E-state index contributed by atoms with van der Waals surface area (Å²) in [6.07, 6.45) is 0. The topological polar surface area (TPSA) is 9.23 Å². The number of rotatable bonds is 2. The van der Waals surface area contributed by atoms with Crippen LogP contribution in [0, 0.1) is 20.8 Å². The largest absolute Gasteiger partial charge is 0.485 e. The summed E-state index contributed by atoms with van der Waals surface area (Å²) in [5, 5.41) is 6.83. The molecule has 1 nitrogen and oxygen atoms in total. The first-order valence-corrected chi connectivity index (χ1v) is 14.7. The number of hydrogen-bond acceptors (Lipinski definition) is 1. The van der Waals surface area contributed by atoms with E-state index in [1.807, 2.05) is 0 Å². The maximum absolute atomic E-state index is 6.50. The molecule has 2 unspecified atom stereocenters. The van der Waals surface area contributed by atoms with Crippen molar-refractivity contribution >= 4 is 34.8 Å². The van der Waals surface area contributed by atoms with E-state index in [-0.39, 0.29) is 11.0 Å². The molecular formula is C35H35OP. The summed E-state index contributed by atoms with van der Waals surface area (Å²) in [4.78, 5) is 0. The van der Waals surface area contributed by atoms with Crippen LogP contribution in [-0.2, 0) is 0 Å². The first-order valence-electron chi connectivity index (χ1n) is 13.3. The lowest BCUT2D eigenvalue weighted by Crippen LogP contribution is -2.22. The maximum atomic E-state index is 6.50. The second kappa shape index (κ2) is 8.71. The number of aryl methyl sites for hydroxylation is 3. The molecule has 1 aliphatic heterocycles. The van der Waals surface area contributed by atoms with Crippen molar-refractivity contribution in [1.82, 2.24) is 0 Å². The van der Waals surface area contributed by atoms with Crippen LogP contribution in [0.15, 0.2) is 78.9 Å². The number of ether oxygens (including phenoxy) is 1. The quantitative estimate of drug-likeness (QED) is 0.172. The molecule has 1 heterocycles. The van der Waals surface area contributed by atoms with Gasteiger partial charge in [0.25, 0.3) is 0 Å². The van der Waals surface area contributed by atoms with Gasteiger partial charge in [0, 0.05) is 5.30 Å². The smallest absolute Gasteiger partial charge is 0.128 e. The first kappa shape index (κ1) is 24.2. The van der Waals surface area contributed by atoms with Crippen molar-refractivity contribution < 1.29 is 4.74 Å². The third-order valence-electron chi connectivity index (χ3n) is 7.75. The summed E-state index contributed by atoms with van der Waals surface area (Å²) in [6, 6.07) is 29.3. The van der Waals surface area contributed by atoms with Crippen molar-refractivity contribution in [2.45, 2.75) is 59.5 Å². The van der Waals surface area contributed by atoms with E-state index >= 15 is 0 Å². The van der Waals surface area contributed by atoms with Crippen LogP contribution < -0.4 is 10.0 Å². The summed E-state index contributed by atoms with van der Waals surface area (Å²) in [5.41, 5.74) is 9.35. The average molecular weight is 503 g/mol. The monoisotopic (exact) mass is 502 g/mol. The van der Waals surface area contributed by atoms with Gasteiger partial charge in [0.1, 0.15) is 11.6 Å². The van der Waals surface area contributed by atoms with Crippen molar-refractivity contribution in [2.24, 2.45) is 0 Å². The van der Waals surface area contributed by atoms with Gasteiger partial charge < -0.3 is 4.74 Å². The van der Waals surface area contributed by atoms with Gasteiger partial charge in [-0.1, -0.05) is 99.1 Å². The average Bonchev–Trinajstić information content (AvgIpc) is 3.19. The molecule has 0 aliphatic carbocycles. The van der Waals surface area contributed by atoms with E-state index < -0.39 is 7.92 Å². The second-order valence-corrected chi connectivity index (χ2v) is 14.8. The van der Waals surface area contributed by atoms with Gasteiger partial charge in [-0.2, -0.15) is 0 Å². The van der Waals surface area contributed by atoms with Gasteiger partial charge >= 0.3 is 0 Å². The molecule has 1 aliphatic rings. The molecule has 37 heavy (non-hydrogen) atoms. The molecule has 2 heteroatoms. The maximum Gasteiger partial charge on any atom is 0.128 e. The third kappa shape index (κ3) is 3.79. The zero-order valence-electron chi connectivity index (χ0n) is 22.9. The van der Waals surface area contributed by atoms with Crippen LogP contribution in [0.3, 0.4) is 0 Å². The fourth-order valence-electron chi connectivity index (χ4n) is 6.63. The van der Waals surface area contributed by atoms with E-state index in [0.29, 0.717) is 0 Å². The zero-order valence-corrected chi connectivity index (χ0v) is 23.8. The number of benzene rings is 5. The van der Waals surface area contributed by atoms with Crippen LogP contribution in [0.2, 0.25) is 0 Å². The highest BCUT2D eigenvalue weighted by Crippen LogP contribution is 2.60. The summed E-state index contributed by atoms with van der Waals surface area (Å²) >= 11 is 0. The Morgan fingerprint density at radius 1 is 0.649 bits per heavy atom. The zero-order chi connectivity index (χ0) is 26.1. The second-order valence-electron chi connectivity index (χ2n) is 11.5. The lowest BCUT2D eigenvalue weighted by molar-refractivity contribution is 0.313. The van der Waals surface area contributed by atoms with Crippen LogP contribution in [0.5, 0.6) is 5.75 Å². The SMILES string of the molecule is Cc1cc(C)c(-c2c3ccccc3c(-c3cccc4c3P(C(C)(C)C)C(C)O4)c3ccccc23)c(C)c1. The Bertz CT molecular complexity index is 1610. The lowest BCUT2D eigenvalue weighted by Gasteiger charge is -2.31. The molecule has 6 rings (SSSR count). The van der Waals surface area contributed by atoms with E-state index in [0.717, 1.165) is 5.75 Å². The first-order chi connectivity index (χ1) is 17.7. The van der Waals surface area contributed by atoms with E-state index in [2.05, 4.69) is 127 Å². The van der Waals surface area contributed by atoms with Crippen molar-refractivity contribution in [2.75, 3.05) is 0 Å². The molecule has 0 aromatic heterocycles. The molecule has 2 atom stereocenters. The Morgan fingerprint density at radius 2 is 1.16 bits per heavy atom. The van der Waals surface area contributed by atoms with Gasteiger partial charge in [0.2, 0.25) is 0 Å². The number of fused-ring (bicyclic) bond motifs is 3. The molecule has 0 amide bonds. The Hall–Kier alpha value is -3.15. The van der Waals surface area contributed by atoms with Crippen LogP contribution in [0.1, 0.15) is 44.4 Å². The van der Waals surface area contributed by atoms with Crippen molar-refractivity contribution in [1.29, 1.82) is 0 Å². The summed E-state index contributed by atoms with van der Waals surface area (Å²) in [7, 11) is -0.506. The van der Waals surface area contributed by atoms with Gasteiger partial charge in [0.05, 0.1) is 0 Å². The molecular weight excluding hydrogens is 467 g/mol. The predicted molar refractivity (Wildman–Crippen MR) is 163 cm³/mol. The van der Waals surface area contributed by atoms with Crippen molar-refractivity contribution in [3.63, 3.8) is 0 Å². The minimum atomic E-state index is -0.506. The van der Waals surface area contributed by atoms with Crippen molar-refractivity contribution in [3.05, 3.63) is 95.6 Å². The van der Waals surface area contributed by atoms with Gasteiger partial charge in [-0.25, -0.2) is 0 Å². The molecule has 0 radical (unpaired) electrons. The van der Waals surface area contributed by atoms with Crippen molar-refractivity contribution in [3.8, 4) is 28.0 Å². The fraction of sp³-hybridized carbons (Fsp3) is 0.257. The molecule has 0 saturated heterocycles.